The van der Waals surface area contributed by atoms with Gasteiger partial charge in [-0.15, -0.1) is 11.3 Å². The van der Waals surface area contributed by atoms with Crippen molar-refractivity contribution in [2.75, 3.05) is 18.0 Å². The molecule has 9 nitrogen and oxygen atoms in total. The maximum atomic E-state index is 13.6. The minimum absolute atomic E-state index is 0.0869. The number of amides is 1. The van der Waals surface area contributed by atoms with Crippen LogP contribution in [0, 0.1) is 10.1 Å². The number of thiophene rings is 1. The molecule has 0 aliphatic heterocycles. The van der Waals surface area contributed by atoms with Crippen molar-refractivity contribution in [2.45, 2.75) is 11.4 Å². The number of anilines is 1. The Balaban J connectivity index is 2.02. The first-order valence-electron chi connectivity index (χ1n) is 9.13. The van der Waals surface area contributed by atoms with Crippen molar-refractivity contribution >= 4 is 50.2 Å². The maximum absolute atomic E-state index is 13.6. The molecular weight excluding hydrogens is 478 g/mol. The highest BCUT2D eigenvalue weighted by molar-refractivity contribution is 7.93. The summed E-state index contributed by atoms with van der Waals surface area (Å²) in [5.41, 5.74) is -0.362. The topological polar surface area (TPSA) is 119 Å². The Hall–Kier alpha value is -3.15. The van der Waals surface area contributed by atoms with Crippen LogP contribution in [0.2, 0.25) is 5.02 Å². The Kier molecular flexibility index (Phi) is 7.33. The number of sulfonamides is 1. The van der Waals surface area contributed by atoms with Crippen LogP contribution in [0.3, 0.4) is 0 Å². The number of benzene rings is 2. The Labute approximate surface area is 193 Å². The second-order valence-electron chi connectivity index (χ2n) is 6.41. The summed E-state index contributed by atoms with van der Waals surface area (Å²) in [4.78, 5) is 23.5. The van der Waals surface area contributed by atoms with E-state index in [0.717, 1.165) is 27.4 Å². The van der Waals surface area contributed by atoms with Gasteiger partial charge in [0.1, 0.15) is 17.2 Å². The van der Waals surface area contributed by atoms with Gasteiger partial charge in [0.25, 0.3) is 15.7 Å². The lowest BCUT2D eigenvalue weighted by molar-refractivity contribution is -0.385. The number of hydrogen-bond donors (Lipinski definition) is 1. The molecule has 0 spiro atoms. The molecule has 0 saturated heterocycles. The number of nitro groups is 1. The van der Waals surface area contributed by atoms with Gasteiger partial charge >= 0.3 is 0 Å². The lowest BCUT2D eigenvalue weighted by atomic mass is 10.3. The standard InChI is InChI=1S/C20H18ClN3O6S2/c1-30-18-7-3-2-6-17(18)23(13-20(25)22-12-15-5-4-10-31-15)32(28,29)19-11-14(24(26)27)8-9-16(19)21/h2-11H,12-13H2,1H3,(H,22,25). The van der Waals surface area contributed by atoms with Crippen molar-refractivity contribution in [2.24, 2.45) is 0 Å². The number of para-hydroxylation sites is 2. The molecule has 1 aromatic heterocycles. The van der Waals surface area contributed by atoms with Crippen molar-refractivity contribution in [1.82, 2.24) is 5.32 Å². The molecule has 12 heteroatoms. The van der Waals surface area contributed by atoms with Crippen molar-refractivity contribution in [1.29, 1.82) is 0 Å². The van der Waals surface area contributed by atoms with Gasteiger partial charge in [-0.1, -0.05) is 29.8 Å². The van der Waals surface area contributed by atoms with E-state index >= 15 is 0 Å². The number of non-ortho nitro benzene ring substituents is 1. The van der Waals surface area contributed by atoms with E-state index < -0.39 is 38.0 Å². The third-order valence-corrected chi connectivity index (χ3v) is 7.49. The van der Waals surface area contributed by atoms with Crippen LogP contribution in [-0.4, -0.2) is 32.9 Å². The van der Waals surface area contributed by atoms with E-state index in [1.54, 1.807) is 12.1 Å². The number of methoxy groups -OCH3 is 1. The molecular formula is C20H18ClN3O6S2. The Morgan fingerprint density at radius 2 is 1.97 bits per heavy atom. The number of nitro benzene ring substituents is 1. The zero-order valence-corrected chi connectivity index (χ0v) is 19.1. The summed E-state index contributed by atoms with van der Waals surface area (Å²) in [6.45, 7) is -0.360. The van der Waals surface area contributed by atoms with Gasteiger partial charge < -0.3 is 10.1 Å². The molecule has 3 aromatic rings. The fraction of sp³-hybridized carbons (Fsp3) is 0.150. The molecule has 168 valence electrons. The van der Waals surface area contributed by atoms with E-state index in [9.17, 15) is 23.3 Å². The average molecular weight is 496 g/mol. The summed E-state index contributed by atoms with van der Waals surface area (Å²) in [5.74, 6) is -0.377. The minimum atomic E-state index is -4.48. The number of carbonyl (C=O) groups excluding carboxylic acids is 1. The highest BCUT2D eigenvalue weighted by atomic mass is 35.5. The number of nitrogens with one attached hydrogen (secondary N) is 1. The molecule has 0 aliphatic carbocycles. The summed E-state index contributed by atoms with van der Waals surface area (Å²) in [7, 11) is -3.12. The van der Waals surface area contributed by atoms with Crippen LogP contribution in [0.15, 0.2) is 64.9 Å². The zero-order valence-electron chi connectivity index (χ0n) is 16.7. The molecule has 0 saturated carbocycles. The summed E-state index contributed by atoms with van der Waals surface area (Å²) in [6.07, 6.45) is 0. The summed E-state index contributed by atoms with van der Waals surface area (Å²) >= 11 is 7.54. The first kappa shape index (κ1) is 23.5. The lowest BCUT2D eigenvalue weighted by Crippen LogP contribution is -2.41. The fourth-order valence-corrected chi connectivity index (χ4v) is 5.42. The van der Waals surface area contributed by atoms with Crippen LogP contribution in [0.1, 0.15) is 4.88 Å². The molecule has 3 rings (SSSR count). The van der Waals surface area contributed by atoms with Gasteiger partial charge in [-0.05, 0) is 29.6 Å². The molecule has 0 fully saturated rings. The fourth-order valence-electron chi connectivity index (χ4n) is 2.84. The number of hydrogen-bond acceptors (Lipinski definition) is 7. The van der Waals surface area contributed by atoms with Gasteiger partial charge in [0.05, 0.1) is 29.3 Å². The SMILES string of the molecule is COc1ccccc1N(CC(=O)NCc1cccs1)S(=O)(=O)c1cc([N+](=O)[O-])ccc1Cl. The van der Waals surface area contributed by atoms with Gasteiger partial charge in [0.15, 0.2) is 0 Å². The summed E-state index contributed by atoms with van der Waals surface area (Å²) < 4.78 is 33.2. The van der Waals surface area contributed by atoms with Crippen molar-refractivity contribution < 1.29 is 22.9 Å². The number of nitrogens with zero attached hydrogens (tertiary/aromatic N) is 2. The number of carbonyl (C=O) groups is 1. The average Bonchev–Trinajstić information content (AvgIpc) is 3.29. The minimum Gasteiger partial charge on any atom is -0.495 e. The third-order valence-electron chi connectivity index (χ3n) is 4.37. The van der Waals surface area contributed by atoms with Crippen molar-refractivity contribution in [3.05, 3.63) is 80.0 Å². The molecule has 1 N–H and O–H groups in total. The number of ether oxygens (including phenoxy) is 1. The third kappa shape index (κ3) is 5.18. The van der Waals surface area contributed by atoms with E-state index in [1.165, 1.54) is 30.6 Å². The second-order valence-corrected chi connectivity index (χ2v) is 9.68. The highest BCUT2D eigenvalue weighted by Gasteiger charge is 2.32. The van der Waals surface area contributed by atoms with Gasteiger partial charge in [0.2, 0.25) is 5.91 Å². The Morgan fingerprint density at radius 3 is 2.62 bits per heavy atom. The smallest absolute Gasteiger partial charge is 0.270 e. The normalized spacial score (nSPS) is 11.1. The highest BCUT2D eigenvalue weighted by Crippen LogP contribution is 2.35. The van der Waals surface area contributed by atoms with Crippen LogP contribution in [0.5, 0.6) is 5.75 Å². The molecule has 32 heavy (non-hydrogen) atoms. The van der Waals surface area contributed by atoms with E-state index in [4.69, 9.17) is 16.3 Å². The van der Waals surface area contributed by atoms with Crippen LogP contribution in [0.25, 0.3) is 0 Å². The number of halogens is 1. The van der Waals surface area contributed by atoms with Crippen LogP contribution < -0.4 is 14.4 Å². The number of rotatable bonds is 9. The van der Waals surface area contributed by atoms with Gasteiger partial charge in [-0.25, -0.2) is 8.42 Å². The molecule has 0 bridgehead atoms. The van der Waals surface area contributed by atoms with E-state index in [1.807, 2.05) is 17.5 Å². The van der Waals surface area contributed by atoms with Crippen molar-refractivity contribution in [3.8, 4) is 5.75 Å². The van der Waals surface area contributed by atoms with Crippen molar-refractivity contribution in [3.63, 3.8) is 0 Å². The monoisotopic (exact) mass is 495 g/mol. The van der Waals surface area contributed by atoms with E-state index in [0.29, 0.717) is 0 Å². The van der Waals surface area contributed by atoms with Crippen LogP contribution in [0.4, 0.5) is 11.4 Å². The van der Waals surface area contributed by atoms with Gasteiger partial charge in [0, 0.05) is 17.0 Å². The second kappa shape index (κ2) is 9.98. The lowest BCUT2D eigenvalue weighted by Gasteiger charge is -2.26. The maximum Gasteiger partial charge on any atom is 0.270 e. The molecule has 0 aliphatic rings. The van der Waals surface area contributed by atoms with Gasteiger partial charge in [-0.2, -0.15) is 0 Å². The molecule has 0 unspecified atom stereocenters. The molecule has 1 amide bonds. The van der Waals surface area contributed by atoms with Gasteiger partial charge in [-0.3, -0.25) is 19.2 Å². The molecule has 0 radical (unpaired) electrons. The largest absolute Gasteiger partial charge is 0.495 e. The predicted octanol–water partition coefficient (Wildman–Crippen LogP) is 3.83. The summed E-state index contributed by atoms with van der Waals surface area (Å²) in [5, 5.41) is 15.5. The Bertz CT molecular complexity index is 1230. The molecule has 0 atom stereocenters. The van der Waals surface area contributed by atoms with E-state index in [-0.39, 0.29) is 23.0 Å². The Morgan fingerprint density at radius 1 is 1.22 bits per heavy atom. The molecule has 1 heterocycles. The van der Waals surface area contributed by atoms with E-state index in [2.05, 4.69) is 5.32 Å². The summed E-state index contributed by atoms with van der Waals surface area (Å²) in [6, 6.07) is 13.0. The zero-order chi connectivity index (χ0) is 23.3. The first-order chi connectivity index (χ1) is 15.2. The van der Waals surface area contributed by atoms with Crippen LogP contribution in [-0.2, 0) is 21.4 Å². The predicted molar refractivity (Wildman–Crippen MR) is 122 cm³/mol. The molecule has 2 aromatic carbocycles. The first-order valence-corrected chi connectivity index (χ1v) is 11.8. The quantitative estimate of drug-likeness (QED) is 0.356. The van der Waals surface area contributed by atoms with Crippen LogP contribution >= 0.6 is 22.9 Å².